The van der Waals surface area contributed by atoms with E-state index in [1.54, 1.807) is 0 Å². The quantitative estimate of drug-likeness (QED) is 0.144. The molecule has 396 valence electrons. The molecule has 3 heteroatoms. The van der Waals surface area contributed by atoms with Crippen molar-refractivity contribution in [2.45, 2.75) is 89.4 Å². The highest BCUT2D eigenvalue weighted by atomic mass is 79.9. The standard InChI is InChI=1S/C39H31Br.C25H24.C14H8Br2/c1-38(2)31-19-11-9-13-23(31)29-21-34-30(22-33(29)38)36(28-18-10-12-20-32(28)39(34,3)4)35-24-14-5-7-16-26(24)37(40)27-17-8-6-15-25(27)35;1-24(2)20-11-7-5-9-16(20)13-17-14-23-19(15-22(17)24)18-10-6-8-12-21(18)25(23,3)4;15-13-9-5-1-2-6-10(9)14(16)12-8-4-3-7-11(12)13/h5-22,36H,1-4H3;5-12,14-15H,13H2,1-4H3;1-8H. The molecule has 4 aliphatic rings. The van der Waals surface area contributed by atoms with Crippen molar-refractivity contribution in [2.75, 3.05) is 0 Å². The molecule has 0 saturated heterocycles. The molecule has 0 amide bonds. The van der Waals surface area contributed by atoms with Crippen LogP contribution in [-0.2, 0) is 28.1 Å². The Morgan fingerprint density at radius 1 is 0.272 bits per heavy atom. The predicted octanol–water partition coefficient (Wildman–Crippen LogP) is 22.6. The van der Waals surface area contributed by atoms with E-state index in [0.29, 0.717) is 0 Å². The van der Waals surface area contributed by atoms with Gasteiger partial charge in [0.1, 0.15) is 0 Å². The van der Waals surface area contributed by atoms with Gasteiger partial charge in [-0.05, 0) is 204 Å². The minimum Gasteiger partial charge on any atom is -0.0620 e. The Morgan fingerprint density at radius 2 is 0.617 bits per heavy atom. The van der Waals surface area contributed by atoms with Crippen LogP contribution < -0.4 is 0 Å². The van der Waals surface area contributed by atoms with E-state index in [9.17, 15) is 0 Å². The van der Waals surface area contributed by atoms with E-state index >= 15 is 0 Å². The van der Waals surface area contributed by atoms with Crippen molar-refractivity contribution in [3.05, 3.63) is 304 Å². The minimum absolute atomic E-state index is 0.0452. The first-order valence-electron chi connectivity index (χ1n) is 28.6. The van der Waals surface area contributed by atoms with Crippen LogP contribution in [0.5, 0.6) is 0 Å². The fourth-order valence-electron chi connectivity index (χ4n) is 15.1. The van der Waals surface area contributed by atoms with Crippen molar-refractivity contribution < 1.29 is 0 Å². The number of halogens is 3. The maximum atomic E-state index is 3.99. The molecular formula is C78H63Br3. The first kappa shape index (κ1) is 52.2. The van der Waals surface area contributed by atoms with Crippen LogP contribution in [0.25, 0.3) is 65.3 Å². The molecule has 1 unspecified atom stereocenters. The average molecular weight is 1240 g/mol. The van der Waals surface area contributed by atoms with E-state index in [0.717, 1.165) is 6.42 Å². The summed E-state index contributed by atoms with van der Waals surface area (Å²) in [5.74, 6) is 0.131. The summed E-state index contributed by atoms with van der Waals surface area (Å²) in [6, 6.07) is 80.9. The third-order valence-electron chi connectivity index (χ3n) is 19.2. The Kier molecular flexibility index (Phi) is 12.3. The second-order valence-corrected chi connectivity index (χ2v) is 27.4. The molecule has 0 N–H and O–H groups in total. The fourth-order valence-corrected chi connectivity index (χ4v) is 17.2. The topological polar surface area (TPSA) is 0 Å². The monoisotopic (exact) mass is 1240 g/mol. The molecule has 0 aliphatic heterocycles. The highest BCUT2D eigenvalue weighted by Crippen LogP contribution is 2.58. The lowest BCUT2D eigenvalue weighted by Gasteiger charge is -2.41. The second-order valence-electron chi connectivity index (χ2n) is 25.0. The molecule has 0 fully saturated rings. The number of fused-ring (bicyclic) bond motifs is 14. The molecule has 0 spiro atoms. The number of hydrogen-bond donors (Lipinski definition) is 0. The lowest BCUT2D eigenvalue weighted by atomic mass is 9.62. The van der Waals surface area contributed by atoms with Crippen molar-refractivity contribution in [1.82, 2.24) is 0 Å². The molecule has 16 rings (SSSR count). The largest absolute Gasteiger partial charge is 0.0620 e. The first-order valence-corrected chi connectivity index (χ1v) is 30.9. The summed E-state index contributed by atoms with van der Waals surface area (Å²) in [4.78, 5) is 0. The summed E-state index contributed by atoms with van der Waals surface area (Å²) >= 11 is 11.4. The molecule has 0 heterocycles. The number of benzene rings is 12. The van der Waals surface area contributed by atoms with Gasteiger partial charge >= 0.3 is 0 Å². The molecular weight excluding hydrogens is 1180 g/mol. The van der Waals surface area contributed by atoms with E-state index in [4.69, 9.17) is 0 Å². The van der Waals surface area contributed by atoms with Crippen LogP contribution in [0.3, 0.4) is 0 Å². The SMILES string of the molecule is Brc1c2ccccc2c(Br)c2ccccc12.CC1(C)c2ccccc2-c2cc3c(cc21)C(c1c2ccccc2c(Br)c2ccccc12)c1ccccc1C3(C)C.CC1(C)c2ccccc2Cc2cc3c(cc21)-c1ccccc1C3(C)C. The molecule has 0 nitrogen and oxygen atoms in total. The molecule has 0 saturated carbocycles. The maximum absolute atomic E-state index is 3.99. The van der Waals surface area contributed by atoms with Gasteiger partial charge in [-0.3, -0.25) is 0 Å². The van der Waals surface area contributed by atoms with Crippen LogP contribution in [0, 0.1) is 0 Å². The van der Waals surface area contributed by atoms with Gasteiger partial charge in [-0.15, -0.1) is 0 Å². The Labute approximate surface area is 502 Å². The summed E-state index contributed by atoms with van der Waals surface area (Å²) in [7, 11) is 0. The van der Waals surface area contributed by atoms with Crippen LogP contribution in [0.4, 0.5) is 0 Å². The zero-order valence-electron chi connectivity index (χ0n) is 47.2. The average Bonchev–Trinajstić information content (AvgIpc) is 3.10. The summed E-state index contributed by atoms with van der Waals surface area (Å²) < 4.78 is 3.52. The lowest BCUT2D eigenvalue weighted by molar-refractivity contribution is 0.595. The molecule has 81 heavy (non-hydrogen) atoms. The minimum atomic E-state index is -0.111. The molecule has 0 aromatic heterocycles. The van der Waals surface area contributed by atoms with E-state index in [1.807, 2.05) is 0 Å². The number of rotatable bonds is 1. The second kappa shape index (κ2) is 19.1. The Hall–Kier alpha value is -6.88. The third kappa shape index (κ3) is 7.85. The van der Waals surface area contributed by atoms with Gasteiger partial charge in [0, 0.05) is 41.0 Å². The summed E-state index contributed by atoms with van der Waals surface area (Å²) in [5.41, 5.74) is 24.6. The summed E-state index contributed by atoms with van der Waals surface area (Å²) in [6.07, 6.45) is 1.05. The highest BCUT2D eigenvalue weighted by molar-refractivity contribution is 9.11. The van der Waals surface area contributed by atoms with Gasteiger partial charge in [0.2, 0.25) is 0 Å². The van der Waals surface area contributed by atoms with Gasteiger partial charge in [0.25, 0.3) is 0 Å². The van der Waals surface area contributed by atoms with Crippen LogP contribution >= 0.6 is 47.8 Å². The maximum Gasteiger partial charge on any atom is 0.0358 e. The molecule has 12 aromatic rings. The molecule has 12 aromatic carbocycles. The zero-order valence-corrected chi connectivity index (χ0v) is 52.0. The van der Waals surface area contributed by atoms with Gasteiger partial charge in [-0.1, -0.05) is 262 Å². The normalized spacial score (nSPS) is 16.6. The lowest BCUT2D eigenvalue weighted by Crippen LogP contribution is -2.30. The predicted molar refractivity (Wildman–Crippen MR) is 355 cm³/mol. The zero-order chi connectivity index (χ0) is 55.9. The number of hydrogen-bond acceptors (Lipinski definition) is 0. The van der Waals surface area contributed by atoms with E-state index in [1.165, 1.54) is 151 Å². The Balaban J connectivity index is 0.000000122. The third-order valence-corrected chi connectivity index (χ3v) is 21.8. The van der Waals surface area contributed by atoms with Crippen molar-refractivity contribution in [2.24, 2.45) is 0 Å². The van der Waals surface area contributed by atoms with E-state index in [-0.39, 0.29) is 27.6 Å². The van der Waals surface area contributed by atoms with Crippen molar-refractivity contribution in [1.29, 1.82) is 0 Å². The van der Waals surface area contributed by atoms with Gasteiger partial charge in [0.05, 0.1) is 0 Å². The van der Waals surface area contributed by atoms with Crippen LogP contribution in [0.2, 0.25) is 0 Å². The van der Waals surface area contributed by atoms with Gasteiger partial charge in [-0.2, -0.15) is 0 Å². The molecule has 4 aliphatic carbocycles. The van der Waals surface area contributed by atoms with Crippen molar-refractivity contribution >= 4 is 90.9 Å². The summed E-state index contributed by atoms with van der Waals surface area (Å²) in [6.45, 7) is 19.1. The summed E-state index contributed by atoms with van der Waals surface area (Å²) in [5, 5.41) is 10.2. The first-order chi connectivity index (χ1) is 39.0. The molecule has 1 atom stereocenters. The Morgan fingerprint density at radius 3 is 1.11 bits per heavy atom. The van der Waals surface area contributed by atoms with E-state index < -0.39 is 0 Å². The van der Waals surface area contributed by atoms with Crippen LogP contribution in [-0.4, -0.2) is 0 Å². The van der Waals surface area contributed by atoms with E-state index in [2.05, 4.69) is 322 Å². The van der Waals surface area contributed by atoms with Gasteiger partial charge in [0.15, 0.2) is 0 Å². The van der Waals surface area contributed by atoms with Crippen LogP contribution in [0.1, 0.15) is 134 Å². The fraction of sp³-hybridized carbons (Fsp3) is 0.179. The highest BCUT2D eigenvalue weighted by Gasteiger charge is 2.44. The van der Waals surface area contributed by atoms with Crippen LogP contribution in [0.15, 0.2) is 232 Å². The smallest absolute Gasteiger partial charge is 0.0358 e. The van der Waals surface area contributed by atoms with Gasteiger partial charge in [-0.25, -0.2) is 0 Å². The van der Waals surface area contributed by atoms with Crippen molar-refractivity contribution in [3.63, 3.8) is 0 Å². The van der Waals surface area contributed by atoms with Gasteiger partial charge < -0.3 is 0 Å². The van der Waals surface area contributed by atoms with Crippen molar-refractivity contribution in [3.8, 4) is 22.3 Å². The molecule has 0 bridgehead atoms. The Bertz CT molecular complexity index is 4430. The molecule has 0 radical (unpaired) electrons.